The molecule has 0 amide bonds. The van der Waals surface area contributed by atoms with Gasteiger partial charge in [0.25, 0.3) is 5.09 Å². The van der Waals surface area contributed by atoms with Gasteiger partial charge in [-0.25, -0.2) is 0 Å². The molecule has 0 spiro atoms. The molecule has 7 nitrogen and oxygen atoms in total. The highest BCUT2D eigenvalue weighted by molar-refractivity contribution is 5.72. The zero-order chi connectivity index (χ0) is 8.73. The molecule has 0 heterocycles. The fourth-order valence-electron chi connectivity index (χ4n) is 0. The van der Waals surface area contributed by atoms with Crippen molar-refractivity contribution in [1.29, 1.82) is 0 Å². The summed E-state index contributed by atoms with van der Waals surface area (Å²) in [5.41, 5.74) is 4.84. The van der Waals surface area contributed by atoms with Crippen LogP contribution in [0.15, 0.2) is 0 Å². The maximum atomic E-state index is 9.57. The number of hydrogen-bond acceptors (Lipinski definition) is 4. The Morgan fingerprint density at radius 1 is 1.80 bits per heavy atom. The highest BCUT2D eigenvalue weighted by Crippen LogP contribution is 1.68. The summed E-state index contributed by atoms with van der Waals surface area (Å²) in [5, 5.41) is 21.5. The van der Waals surface area contributed by atoms with E-state index in [2.05, 4.69) is 0 Å². The second-order valence-electron chi connectivity index (χ2n) is 1.36. The molecule has 4 N–H and O–H groups in total. The normalized spacial score (nSPS) is 10.6. The van der Waals surface area contributed by atoms with E-state index in [1.54, 1.807) is 0 Å². The molecular weight excluding hydrogens is 144 g/mol. The number of carboxylic acids is 1. The third kappa shape index (κ3) is 30.4. The van der Waals surface area contributed by atoms with Crippen molar-refractivity contribution in [3.8, 4) is 0 Å². The molecule has 1 atom stereocenters. The van der Waals surface area contributed by atoms with Gasteiger partial charge in [-0.3, -0.25) is 4.79 Å². The Bertz CT molecular complexity index is 118. The first kappa shape index (κ1) is 11.4. The first-order valence-corrected chi connectivity index (χ1v) is 2.19. The first-order valence-electron chi connectivity index (χ1n) is 2.19. The molecular formula is C3H8N2O5. The summed E-state index contributed by atoms with van der Waals surface area (Å²) in [5.74, 6) is -0.963. The lowest BCUT2D eigenvalue weighted by atomic mass is 10.4. The van der Waals surface area contributed by atoms with Crippen LogP contribution in [0.3, 0.4) is 0 Å². The number of aliphatic carboxylic acids is 1. The van der Waals surface area contributed by atoms with Gasteiger partial charge in [-0.05, 0) is 6.92 Å². The van der Waals surface area contributed by atoms with Gasteiger partial charge in [0.2, 0.25) is 0 Å². The summed E-state index contributed by atoms with van der Waals surface area (Å²) in [4.78, 5) is 17.9. The maximum Gasteiger partial charge on any atom is 0.320 e. The van der Waals surface area contributed by atoms with Crippen molar-refractivity contribution >= 4 is 5.97 Å². The smallest absolute Gasteiger partial charge is 0.320 e. The largest absolute Gasteiger partial charge is 0.480 e. The standard InChI is InChI=1S/C3H7NO2.HNO3/c1-2(4)3(5)6;2-1(3)4/h2H,4H2,1H3,(H,5,6);(H,2,3,4). The predicted octanol–water partition coefficient (Wildman–Crippen LogP) is -0.929. The first-order chi connectivity index (χ1) is 4.37. The maximum absolute atomic E-state index is 9.57. The molecule has 7 heteroatoms. The molecule has 0 saturated heterocycles. The summed E-state index contributed by atoms with van der Waals surface area (Å²) in [6, 6.07) is -0.731. The number of nitrogens with zero attached hydrogens (tertiary/aromatic N) is 1. The van der Waals surface area contributed by atoms with Crippen molar-refractivity contribution in [2.24, 2.45) is 5.73 Å². The van der Waals surface area contributed by atoms with Crippen LogP contribution in [0.5, 0.6) is 0 Å². The Morgan fingerprint density at radius 2 is 1.90 bits per heavy atom. The van der Waals surface area contributed by atoms with E-state index in [4.69, 9.17) is 26.2 Å². The van der Waals surface area contributed by atoms with E-state index in [1.807, 2.05) is 0 Å². The van der Waals surface area contributed by atoms with Crippen LogP contribution in [0.4, 0.5) is 0 Å². The summed E-state index contributed by atoms with van der Waals surface area (Å²) in [6.45, 7) is 1.42. The minimum atomic E-state index is -1.50. The van der Waals surface area contributed by atoms with E-state index in [0.29, 0.717) is 0 Å². The summed E-state index contributed by atoms with van der Waals surface area (Å²) in [6.07, 6.45) is 0. The number of rotatable bonds is 1. The van der Waals surface area contributed by atoms with E-state index in [0.717, 1.165) is 0 Å². The van der Waals surface area contributed by atoms with Gasteiger partial charge < -0.3 is 16.0 Å². The number of nitrogens with two attached hydrogens (primary N) is 1. The lowest BCUT2D eigenvalue weighted by molar-refractivity contribution is -0.742. The topological polar surface area (TPSA) is 127 Å². The Labute approximate surface area is 56.2 Å². The van der Waals surface area contributed by atoms with E-state index in [1.165, 1.54) is 6.92 Å². The molecule has 0 radical (unpaired) electrons. The molecule has 0 bridgehead atoms. The predicted molar refractivity (Wildman–Crippen MR) is 30.1 cm³/mol. The molecule has 0 rings (SSSR count). The Kier molecular flexibility index (Phi) is 6.58. The van der Waals surface area contributed by atoms with Crippen molar-refractivity contribution in [3.63, 3.8) is 0 Å². The lowest BCUT2D eigenvalue weighted by Crippen LogP contribution is -2.25. The lowest BCUT2D eigenvalue weighted by Gasteiger charge is -1.90. The second-order valence-corrected chi connectivity index (χ2v) is 1.36. The fourth-order valence-corrected chi connectivity index (χ4v) is 0. The summed E-state index contributed by atoms with van der Waals surface area (Å²) in [7, 11) is 0. The third-order valence-electron chi connectivity index (χ3n) is 0.390. The van der Waals surface area contributed by atoms with Gasteiger partial charge in [-0.1, -0.05) is 0 Å². The Hall–Kier alpha value is -1.37. The molecule has 0 fully saturated rings. The molecule has 0 aromatic rings. The third-order valence-corrected chi connectivity index (χ3v) is 0.390. The van der Waals surface area contributed by atoms with E-state index in [9.17, 15) is 4.79 Å². The van der Waals surface area contributed by atoms with Gasteiger partial charge in [-0.15, -0.1) is 10.1 Å². The molecule has 0 aromatic carbocycles. The van der Waals surface area contributed by atoms with Crippen LogP contribution in [0, 0.1) is 10.1 Å². The zero-order valence-corrected chi connectivity index (χ0v) is 5.22. The van der Waals surface area contributed by atoms with Crippen molar-refractivity contribution < 1.29 is 20.2 Å². The van der Waals surface area contributed by atoms with Crippen LogP contribution in [0.1, 0.15) is 6.92 Å². The van der Waals surface area contributed by atoms with Crippen LogP contribution in [-0.4, -0.2) is 27.4 Å². The van der Waals surface area contributed by atoms with Gasteiger partial charge >= 0.3 is 5.97 Å². The monoisotopic (exact) mass is 152 g/mol. The van der Waals surface area contributed by atoms with Gasteiger partial charge in [0.15, 0.2) is 0 Å². The second kappa shape index (κ2) is 5.76. The van der Waals surface area contributed by atoms with Gasteiger partial charge in [-0.2, -0.15) is 0 Å². The minimum Gasteiger partial charge on any atom is -0.480 e. The number of carboxylic acid groups (broad SMARTS) is 1. The molecule has 10 heavy (non-hydrogen) atoms. The quantitative estimate of drug-likeness (QED) is 0.329. The van der Waals surface area contributed by atoms with Gasteiger partial charge in [0.1, 0.15) is 6.04 Å². The average molecular weight is 152 g/mol. The molecule has 0 aromatic heterocycles. The zero-order valence-electron chi connectivity index (χ0n) is 5.22. The summed E-state index contributed by atoms with van der Waals surface area (Å²) >= 11 is 0. The van der Waals surface area contributed by atoms with Crippen molar-refractivity contribution in [3.05, 3.63) is 10.1 Å². The SMILES string of the molecule is CC(N)C(=O)O.O=[N+]([O-])O. The van der Waals surface area contributed by atoms with Gasteiger partial charge in [0.05, 0.1) is 0 Å². The van der Waals surface area contributed by atoms with Crippen LogP contribution in [0.2, 0.25) is 0 Å². The van der Waals surface area contributed by atoms with Crippen LogP contribution < -0.4 is 5.73 Å². The molecule has 60 valence electrons. The Morgan fingerprint density at radius 3 is 1.90 bits per heavy atom. The minimum absolute atomic E-state index is 0.731. The highest BCUT2D eigenvalue weighted by atomic mass is 16.9. The highest BCUT2D eigenvalue weighted by Gasteiger charge is 1.99. The van der Waals surface area contributed by atoms with Crippen LogP contribution in [0.25, 0.3) is 0 Å². The van der Waals surface area contributed by atoms with E-state index < -0.39 is 17.1 Å². The molecule has 0 aliphatic heterocycles. The molecule has 1 unspecified atom stereocenters. The Balaban J connectivity index is 0. The molecule has 0 aliphatic carbocycles. The average Bonchev–Trinajstić information content (AvgIpc) is 1.63. The van der Waals surface area contributed by atoms with Gasteiger partial charge in [0, 0.05) is 0 Å². The number of hydrogen-bond donors (Lipinski definition) is 3. The van der Waals surface area contributed by atoms with Crippen LogP contribution in [-0.2, 0) is 4.79 Å². The van der Waals surface area contributed by atoms with E-state index >= 15 is 0 Å². The fraction of sp³-hybridized carbons (Fsp3) is 0.667. The van der Waals surface area contributed by atoms with Crippen molar-refractivity contribution in [1.82, 2.24) is 0 Å². The van der Waals surface area contributed by atoms with Crippen molar-refractivity contribution in [2.75, 3.05) is 0 Å². The van der Waals surface area contributed by atoms with Crippen LogP contribution >= 0.6 is 0 Å². The van der Waals surface area contributed by atoms with E-state index in [-0.39, 0.29) is 0 Å². The van der Waals surface area contributed by atoms with Crippen molar-refractivity contribution in [2.45, 2.75) is 13.0 Å². The number of carbonyl (C=O) groups is 1. The summed E-state index contributed by atoms with van der Waals surface area (Å²) < 4.78 is 0. The molecule has 0 saturated carbocycles. The molecule has 0 aliphatic rings.